The number of carbonyl (C=O) groups excluding carboxylic acids is 1. The average molecular weight is 470 g/mol. The maximum Gasteiger partial charge on any atom is 0.254 e. The fourth-order valence-electron chi connectivity index (χ4n) is 5.70. The van der Waals surface area contributed by atoms with Crippen molar-refractivity contribution in [2.45, 2.75) is 37.8 Å². The zero-order valence-electron chi connectivity index (χ0n) is 20.1. The SMILES string of the molecule is COc1cc(OC)cc(-c2c3c(nn2C)[C@@H]2CCC[C@H](C3)N2C(=O)c2ccc3nccnc3c2)c1. The van der Waals surface area contributed by atoms with Crippen LogP contribution in [0.3, 0.4) is 0 Å². The summed E-state index contributed by atoms with van der Waals surface area (Å²) in [6, 6.07) is 11.6. The lowest BCUT2D eigenvalue weighted by Gasteiger charge is -2.45. The summed E-state index contributed by atoms with van der Waals surface area (Å²) in [4.78, 5) is 24.6. The Morgan fingerprint density at radius 3 is 2.46 bits per heavy atom. The summed E-state index contributed by atoms with van der Waals surface area (Å²) in [5.41, 5.74) is 6.43. The van der Waals surface area contributed by atoms with Crippen LogP contribution in [0.5, 0.6) is 11.5 Å². The number of aromatic nitrogens is 4. The third-order valence-electron chi connectivity index (χ3n) is 7.25. The molecule has 0 aliphatic carbocycles. The molecule has 8 nitrogen and oxygen atoms in total. The minimum atomic E-state index is -0.0463. The lowest BCUT2D eigenvalue weighted by molar-refractivity contribution is 0.0392. The molecule has 1 amide bonds. The molecule has 2 bridgehead atoms. The second-order valence-electron chi connectivity index (χ2n) is 9.21. The number of fused-ring (bicyclic) bond motifs is 5. The van der Waals surface area contributed by atoms with E-state index in [2.05, 4.69) is 14.9 Å². The second kappa shape index (κ2) is 8.37. The Hall–Kier alpha value is -3.94. The smallest absolute Gasteiger partial charge is 0.254 e. The molecule has 1 fully saturated rings. The second-order valence-corrected chi connectivity index (χ2v) is 9.21. The highest BCUT2D eigenvalue weighted by Gasteiger charge is 2.43. The molecular formula is C27H27N5O3. The lowest BCUT2D eigenvalue weighted by Crippen LogP contribution is -2.49. The van der Waals surface area contributed by atoms with Gasteiger partial charge in [0.15, 0.2) is 0 Å². The summed E-state index contributed by atoms with van der Waals surface area (Å²) in [5.74, 6) is 1.51. The molecule has 0 unspecified atom stereocenters. The van der Waals surface area contributed by atoms with Gasteiger partial charge in [0.05, 0.1) is 42.7 Å². The van der Waals surface area contributed by atoms with Crippen molar-refractivity contribution in [1.29, 1.82) is 0 Å². The van der Waals surface area contributed by atoms with Crippen molar-refractivity contribution in [2.24, 2.45) is 7.05 Å². The first-order chi connectivity index (χ1) is 17.1. The van der Waals surface area contributed by atoms with E-state index in [1.54, 1.807) is 26.6 Å². The number of aryl methyl sites for hydroxylation is 1. The molecule has 8 heteroatoms. The topological polar surface area (TPSA) is 82.4 Å². The summed E-state index contributed by atoms with van der Waals surface area (Å²) in [6.07, 6.45) is 7.05. The molecule has 2 aliphatic heterocycles. The third-order valence-corrected chi connectivity index (χ3v) is 7.25. The van der Waals surface area contributed by atoms with E-state index in [4.69, 9.17) is 14.6 Å². The van der Waals surface area contributed by atoms with E-state index in [0.717, 1.165) is 65.2 Å². The number of amides is 1. The number of methoxy groups -OCH3 is 2. The number of hydrogen-bond donors (Lipinski definition) is 0. The largest absolute Gasteiger partial charge is 0.497 e. The van der Waals surface area contributed by atoms with Gasteiger partial charge in [0.25, 0.3) is 5.91 Å². The van der Waals surface area contributed by atoms with Gasteiger partial charge in [-0.3, -0.25) is 19.4 Å². The molecule has 0 N–H and O–H groups in total. The molecule has 1 saturated heterocycles. The quantitative estimate of drug-likeness (QED) is 0.442. The number of piperidine rings is 1. The first-order valence-corrected chi connectivity index (χ1v) is 11.9. The van der Waals surface area contributed by atoms with Gasteiger partial charge in [-0.05, 0) is 56.0 Å². The van der Waals surface area contributed by atoms with Gasteiger partial charge >= 0.3 is 0 Å². The number of nitrogens with zero attached hydrogens (tertiary/aromatic N) is 5. The monoisotopic (exact) mass is 469 g/mol. The Morgan fingerprint density at radius 2 is 1.71 bits per heavy atom. The fourth-order valence-corrected chi connectivity index (χ4v) is 5.70. The Morgan fingerprint density at radius 1 is 0.971 bits per heavy atom. The van der Waals surface area contributed by atoms with Crippen molar-refractivity contribution < 1.29 is 14.3 Å². The summed E-state index contributed by atoms with van der Waals surface area (Å²) < 4.78 is 13.0. The molecule has 4 heterocycles. The first-order valence-electron chi connectivity index (χ1n) is 11.9. The first kappa shape index (κ1) is 21.6. The normalized spacial score (nSPS) is 18.9. The molecule has 4 aromatic rings. The van der Waals surface area contributed by atoms with Crippen molar-refractivity contribution in [3.8, 4) is 22.8 Å². The fraction of sp³-hybridized carbons (Fsp3) is 0.333. The maximum atomic E-state index is 13.8. The van der Waals surface area contributed by atoms with Gasteiger partial charge in [-0.15, -0.1) is 0 Å². The van der Waals surface area contributed by atoms with Crippen LogP contribution in [-0.4, -0.2) is 50.8 Å². The standard InChI is InChI=1S/C27H27N5O3/c1-31-26(17-11-19(34-2)15-20(12-17)35-3)21-14-18-5-4-6-24(25(21)30-31)32(18)27(33)16-7-8-22-23(13-16)29-10-9-28-22/h7-13,15,18,24H,4-6,14H2,1-3H3/t18-,24+/m1/s1. The highest BCUT2D eigenvalue weighted by molar-refractivity contribution is 5.98. The summed E-state index contributed by atoms with van der Waals surface area (Å²) in [7, 11) is 5.28. The van der Waals surface area contributed by atoms with E-state index in [1.165, 1.54) is 5.56 Å². The van der Waals surface area contributed by atoms with E-state index >= 15 is 0 Å². The Labute approximate surface area is 203 Å². The zero-order chi connectivity index (χ0) is 24.1. The van der Waals surface area contributed by atoms with Gasteiger partial charge in [-0.1, -0.05) is 0 Å². The van der Waals surface area contributed by atoms with Gasteiger partial charge in [-0.2, -0.15) is 5.10 Å². The minimum absolute atomic E-state index is 0.0353. The van der Waals surface area contributed by atoms with Crippen LogP contribution in [0, 0.1) is 0 Å². The molecule has 0 spiro atoms. The van der Waals surface area contributed by atoms with Crippen molar-refractivity contribution in [1.82, 2.24) is 24.6 Å². The number of hydrogen-bond acceptors (Lipinski definition) is 6. The van der Waals surface area contributed by atoms with Gasteiger partial charge in [-0.25, -0.2) is 0 Å². The highest BCUT2D eigenvalue weighted by atomic mass is 16.5. The van der Waals surface area contributed by atoms with E-state index < -0.39 is 0 Å². The number of carbonyl (C=O) groups is 1. The van der Waals surface area contributed by atoms with E-state index in [9.17, 15) is 4.79 Å². The molecule has 2 aromatic carbocycles. The van der Waals surface area contributed by atoms with Gasteiger partial charge < -0.3 is 14.4 Å². The molecule has 178 valence electrons. The molecular weight excluding hydrogens is 442 g/mol. The molecule has 2 aromatic heterocycles. The summed E-state index contributed by atoms with van der Waals surface area (Å²) in [6.45, 7) is 0. The van der Waals surface area contributed by atoms with Crippen molar-refractivity contribution in [3.05, 3.63) is 65.6 Å². The van der Waals surface area contributed by atoms with Crippen LogP contribution in [0.2, 0.25) is 0 Å². The van der Waals surface area contributed by atoms with Crippen LogP contribution >= 0.6 is 0 Å². The molecule has 6 rings (SSSR count). The zero-order valence-corrected chi connectivity index (χ0v) is 20.1. The van der Waals surface area contributed by atoms with Crippen LogP contribution < -0.4 is 9.47 Å². The van der Waals surface area contributed by atoms with Crippen LogP contribution in [0.4, 0.5) is 0 Å². The molecule has 35 heavy (non-hydrogen) atoms. The molecule has 0 radical (unpaired) electrons. The van der Waals surface area contributed by atoms with Crippen LogP contribution in [0.1, 0.15) is 46.9 Å². The third kappa shape index (κ3) is 3.51. The molecule has 0 saturated carbocycles. The van der Waals surface area contributed by atoms with Crippen LogP contribution in [0.25, 0.3) is 22.3 Å². The van der Waals surface area contributed by atoms with E-state index in [1.807, 2.05) is 48.1 Å². The van der Waals surface area contributed by atoms with E-state index in [-0.39, 0.29) is 18.0 Å². The Bertz CT molecular complexity index is 1420. The summed E-state index contributed by atoms with van der Waals surface area (Å²) >= 11 is 0. The van der Waals surface area contributed by atoms with Crippen molar-refractivity contribution in [3.63, 3.8) is 0 Å². The van der Waals surface area contributed by atoms with Crippen molar-refractivity contribution >= 4 is 16.9 Å². The Balaban J connectivity index is 1.42. The van der Waals surface area contributed by atoms with Gasteiger partial charge in [0.2, 0.25) is 0 Å². The minimum Gasteiger partial charge on any atom is -0.497 e. The summed E-state index contributed by atoms with van der Waals surface area (Å²) in [5, 5.41) is 4.95. The van der Waals surface area contributed by atoms with Crippen LogP contribution in [0.15, 0.2) is 48.8 Å². The Kier molecular flexibility index (Phi) is 5.16. The van der Waals surface area contributed by atoms with Crippen LogP contribution in [-0.2, 0) is 13.5 Å². The highest BCUT2D eigenvalue weighted by Crippen LogP contribution is 2.45. The maximum absolute atomic E-state index is 13.8. The number of rotatable bonds is 4. The van der Waals surface area contributed by atoms with Gasteiger partial charge in [0.1, 0.15) is 11.5 Å². The number of ether oxygens (including phenoxy) is 2. The average Bonchev–Trinajstić information content (AvgIpc) is 3.22. The molecule has 2 aliphatic rings. The lowest BCUT2D eigenvalue weighted by atomic mass is 9.81. The van der Waals surface area contributed by atoms with Crippen molar-refractivity contribution in [2.75, 3.05) is 14.2 Å². The predicted octanol–water partition coefficient (Wildman–Crippen LogP) is 4.34. The molecule has 2 atom stereocenters. The predicted molar refractivity (Wildman–Crippen MR) is 132 cm³/mol. The number of benzene rings is 2. The van der Waals surface area contributed by atoms with Gasteiger partial charge in [0, 0.05) is 48.2 Å². The van der Waals surface area contributed by atoms with E-state index in [0.29, 0.717) is 5.56 Å².